The van der Waals surface area contributed by atoms with Gasteiger partial charge in [-0.15, -0.1) is 0 Å². The van der Waals surface area contributed by atoms with Gasteiger partial charge >= 0.3 is 5.97 Å². The Morgan fingerprint density at radius 1 is 1.18 bits per heavy atom. The van der Waals surface area contributed by atoms with Crippen LogP contribution >= 0.6 is 0 Å². The van der Waals surface area contributed by atoms with Gasteiger partial charge in [-0.25, -0.2) is 4.79 Å². The molecule has 2 aromatic rings. The highest BCUT2D eigenvalue weighted by molar-refractivity contribution is 5.93. The van der Waals surface area contributed by atoms with Crippen molar-refractivity contribution in [2.45, 2.75) is 0 Å². The molecule has 0 aliphatic heterocycles. The Labute approximate surface area is 98.4 Å². The predicted octanol–water partition coefficient (Wildman–Crippen LogP) is 2.10. The minimum atomic E-state index is -0.442. The first-order valence-corrected chi connectivity index (χ1v) is 5.12. The molecule has 0 fully saturated rings. The number of benzene rings is 2. The van der Waals surface area contributed by atoms with Gasteiger partial charge in [-0.2, -0.15) is 0 Å². The van der Waals surface area contributed by atoms with Gasteiger partial charge in [0.2, 0.25) is 0 Å². The fourth-order valence-corrected chi connectivity index (χ4v) is 1.58. The van der Waals surface area contributed by atoms with Crippen LogP contribution in [0.25, 0.3) is 10.8 Å². The van der Waals surface area contributed by atoms with E-state index in [-0.39, 0.29) is 12.4 Å². The number of carbonyl (C=O) groups excluding carboxylic acids is 1. The number of hydrogen-bond acceptors (Lipinski definition) is 4. The number of fused-ring (bicyclic) bond motifs is 1. The molecular weight excluding hydrogens is 220 g/mol. The molecule has 2 aromatic carbocycles. The Morgan fingerprint density at radius 3 is 2.59 bits per heavy atom. The first-order chi connectivity index (χ1) is 8.22. The first-order valence-electron chi connectivity index (χ1n) is 5.12. The van der Waals surface area contributed by atoms with Crippen LogP contribution in [0.5, 0.6) is 11.5 Å². The molecular formula is C13H12O4. The first kappa shape index (κ1) is 11.3. The van der Waals surface area contributed by atoms with Crippen LogP contribution in [-0.2, 0) is 9.53 Å². The second-order valence-corrected chi connectivity index (χ2v) is 3.49. The molecule has 17 heavy (non-hydrogen) atoms. The Bertz CT molecular complexity index is 548. The van der Waals surface area contributed by atoms with Gasteiger partial charge in [0.1, 0.15) is 11.5 Å². The minimum Gasteiger partial charge on any atom is -0.507 e. The summed E-state index contributed by atoms with van der Waals surface area (Å²) in [6.07, 6.45) is 0. The van der Waals surface area contributed by atoms with Gasteiger partial charge in [0.25, 0.3) is 0 Å². The molecule has 0 atom stereocenters. The Balaban J connectivity index is 2.35. The largest absolute Gasteiger partial charge is 0.507 e. The molecule has 4 nitrogen and oxygen atoms in total. The molecule has 2 rings (SSSR count). The zero-order valence-corrected chi connectivity index (χ0v) is 9.34. The summed E-state index contributed by atoms with van der Waals surface area (Å²) in [7, 11) is 1.31. The number of methoxy groups -OCH3 is 1. The smallest absolute Gasteiger partial charge is 0.343 e. The number of phenols is 1. The van der Waals surface area contributed by atoms with Crippen LogP contribution in [0.1, 0.15) is 0 Å². The van der Waals surface area contributed by atoms with E-state index in [1.165, 1.54) is 13.2 Å². The number of carbonyl (C=O) groups is 1. The van der Waals surface area contributed by atoms with Gasteiger partial charge in [0, 0.05) is 10.8 Å². The molecule has 0 heterocycles. The van der Waals surface area contributed by atoms with E-state index in [1.807, 2.05) is 18.2 Å². The second-order valence-electron chi connectivity index (χ2n) is 3.49. The summed E-state index contributed by atoms with van der Waals surface area (Å²) in [6.45, 7) is -0.148. The van der Waals surface area contributed by atoms with E-state index in [4.69, 9.17) is 4.74 Å². The van der Waals surface area contributed by atoms with Crippen LogP contribution in [0, 0.1) is 0 Å². The summed E-state index contributed by atoms with van der Waals surface area (Å²) in [5.74, 6) is 0.289. The lowest BCUT2D eigenvalue weighted by atomic mass is 10.1. The van der Waals surface area contributed by atoms with E-state index in [2.05, 4.69) is 4.74 Å². The van der Waals surface area contributed by atoms with E-state index in [1.54, 1.807) is 12.1 Å². The summed E-state index contributed by atoms with van der Waals surface area (Å²) in [6, 6.07) is 10.4. The Hall–Kier alpha value is -2.23. The topological polar surface area (TPSA) is 55.8 Å². The normalized spacial score (nSPS) is 10.2. The summed E-state index contributed by atoms with van der Waals surface area (Å²) < 4.78 is 9.84. The van der Waals surface area contributed by atoms with Gasteiger partial charge in [-0.3, -0.25) is 0 Å². The molecule has 0 spiro atoms. The Morgan fingerprint density at radius 2 is 1.88 bits per heavy atom. The number of esters is 1. The van der Waals surface area contributed by atoms with Gasteiger partial charge in [-0.05, 0) is 12.1 Å². The lowest BCUT2D eigenvalue weighted by molar-refractivity contribution is -0.142. The molecule has 0 saturated heterocycles. The summed E-state index contributed by atoms with van der Waals surface area (Å²) in [5.41, 5.74) is 0. The van der Waals surface area contributed by atoms with E-state index in [0.717, 1.165) is 5.39 Å². The van der Waals surface area contributed by atoms with Gasteiger partial charge in [0.15, 0.2) is 6.61 Å². The molecule has 88 valence electrons. The molecule has 0 aliphatic rings. The van der Waals surface area contributed by atoms with E-state index >= 15 is 0 Å². The molecule has 0 amide bonds. The minimum absolute atomic E-state index is 0.148. The SMILES string of the molecule is COC(=O)COc1ccc(O)c2ccccc12. The summed E-state index contributed by atoms with van der Waals surface area (Å²) in [5, 5.41) is 11.1. The van der Waals surface area contributed by atoms with Crippen LogP contribution in [0.15, 0.2) is 36.4 Å². The lowest BCUT2D eigenvalue weighted by Gasteiger charge is -2.09. The fourth-order valence-electron chi connectivity index (χ4n) is 1.58. The van der Waals surface area contributed by atoms with Crippen LogP contribution in [-0.4, -0.2) is 24.8 Å². The quantitative estimate of drug-likeness (QED) is 0.823. The van der Waals surface area contributed by atoms with Crippen molar-refractivity contribution in [1.29, 1.82) is 0 Å². The number of rotatable bonds is 3. The van der Waals surface area contributed by atoms with Crippen LogP contribution in [0.3, 0.4) is 0 Å². The third-order valence-electron chi connectivity index (χ3n) is 2.43. The van der Waals surface area contributed by atoms with Crippen molar-refractivity contribution < 1.29 is 19.4 Å². The van der Waals surface area contributed by atoms with Crippen molar-refractivity contribution in [1.82, 2.24) is 0 Å². The van der Waals surface area contributed by atoms with Crippen molar-refractivity contribution in [2.75, 3.05) is 13.7 Å². The molecule has 0 saturated carbocycles. The summed E-state index contributed by atoms with van der Waals surface area (Å²) >= 11 is 0. The van der Waals surface area contributed by atoms with E-state index in [0.29, 0.717) is 11.1 Å². The van der Waals surface area contributed by atoms with Crippen LogP contribution < -0.4 is 4.74 Å². The average molecular weight is 232 g/mol. The maximum absolute atomic E-state index is 11.0. The highest BCUT2D eigenvalue weighted by Crippen LogP contribution is 2.31. The highest BCUT2D eigenvalue weighted by atomic mass is 16.6. The van der Waals surface area contributed by atoms with Crippen molar-refractivity contribution in [3.8, 4) is 11.5 Å². The van der Waals surface area contributed by atoms with Crippen molar-refractivity contribution in [2.24, 2.45) is 0 Å². The number of ether oxygens (including phenoxy) is 2. The third-order valence-corrected chi connectivity index (χ3v) is 2.43. The maximum Gasteiger partial charge on any atom is 0.343 e. The fraction of sp³-hybridized carbons (Fsp3) is 0.154. The molecule has 0 aliphatic carbocycles. The molecule has 0 unspecified atom stereocenters. The maximum atomic E-state index is 11.0. The predicted molar refractivity (Wildman–Crippen MR) is 63.1 cm³/mol. The number of aromatic hydroxyl groups is 1. The average Bonchev–Trinajstić information content (AvgIpc) is 2.38. The molecule has 0 aromatic heterocycles. The molecule has 0 bridgehead atoms. The zero-order chi connectivity index (χ0) is 12.3. The van der Waals surface area contributed by atoms with Crippen LogP contribution in [0.4, 0.5) is 0 Å². The Kier molecular flexibility index (Phi) is 3.14. The second kappa shape index (κ2) is 4.74. The van der Waals surface area contributed by atoms with E-state index < -0.39 is 5.97 Å². The van der Waals surface area contributed by atoms with E-state index in [9.17, 15) is 9.90 Å². The third kappa shape index (κ3) is 2.30. The number of hydrogen-bond donors (Lipinski definition) is 1. The van der Waals surface area contributed by atoms with Gasteiger partial charge in [0.05, 0.1) is 7.11 Å². The number of phenolic OH excluding ortho intramolecular Hbond substituents is 1. The van der Waals surface area contributed by atoms with Crippen molar-refractivity contribution in [3.05, 3.63) is 36.4 Å². The molecule has 4 heteroatoms. The standard InChI is InChI=1S/C13H12O4/c1-16-13(15)8-17-12-7-6-11(14)9-4-2-3-5-10(9)12/h2-7,14H,8H2,1H3. The summed E-state index contributed by atoms with van der Waals surface area (Å²) in [4.78, 5) is 11.0. The van der Waals surface area contributed by atoms with Crippen LogP contribution in [0.2, 0.25) is 0 Å². The van der Waals surface area contributed by atoms with Gasteiger partial charge < -0.3 is 14.6 Å². The highest BCUT2D eigenvalue weighted by Gasteiger charge is 2.07. The zero-order valence-electron chi connectivity index (χ0n) is 9.34. The van der Waals surface area contributed by atoms with Gasteiger partial charge in [-0.1, -0.05) is 24.3 Å². The lowest BCUT2D eigenvalue weighted by Crippen LogP contribution is -2.12. The molecule has 0 radical (unpaired) electrons. The molecule has 1 N–H and O–H groups in total. The van der Waals surface area contributed by atoms with Crippen molar-refractivity contribution in [3.63, 3.8) is 0 Å². The monoisotopic (exact) mass is 232 g/mol. The van der Waals surface area contributed by atoms with Crippen molar-refractivity contribution >= 4 is 16.7 Å².